The number of carbonyl (C=O) groups excluding carboxylic acids is 1. The summed E-state index contributed by atoms with van der Waals surface area (Å²) >= 11 is 0. The van der Waals surface area contributed by atoms with Gasteiger partial charge < -0.3 is 19.8 Å². The maximum atomic E-state index is 11.5. The highest BCUT2D eigenvalue weighted by Gasteiger charge is 2.26. The summed E-state index contributed by atoms with van der Waals surface area (Å²) in [4.78, 5) is 13.1. The average Bonchev–Trinajstić information content (AvgIpc) is 2.74. The van der Waals surface area contributed by atoms with Crippen molar-refractivity contribution in [3.8, 4) is 0 Å². The van der Waals surface area contributed by atoms with E-state index in [0.29, 0.717) is 19.6 Å². The molecule has 0 aromatic carbocycles. The van der Waals surface area contributed by atoms with E-state index in [4.69, 9.17) is 14.9 Å². The molecule has 1 aliphatic rings. The first-order valence-corrected chi connectivity index (χ1v) is 4.97. The fourth-order valence-electron chi connectivity index (χ4n) is 1.57. The van der Waals surface area contributed by atoms with Gasteiger partial charge in [0.05, 0.1) is 12.8 Å². The second-order valence-electron chi connectivity index (χ2n) is 3.53. The molecule has 0 saturated carbocycles. The van der Waals surface area contributed by atoms with Crippen LogP contribution in [-0.2, 0) is 11.3 Å². The number of amides is 1. The van der Waals surface area contributed by atoms with Gasteiger partial charge >= 0.3 is 6.09 Å². The smallest absolute Gasteiger partial charge is 0.410 e. The topological polar surface area (TPSA) is 68.7 Å². The van der Waals surface area contributed by atoms with E-state index in [2.05, 4.69) is 0 Å². The molecule has 1 unspecified atom stereocenters. The molecule has 1 fully saturated rings. The van der Waals surface area contributed by atoms with Crippen molar-refractivity contribution in [2.45, 2.75) is 19.1 Å². The number of rotatable bonds is 3. The number of hydrogen-bond acceptors (Lipinski definition) is 4. The molecule has 2 heterocycles. The number of carbonyl (C=O) groups is 1. The normalized spacial score (nSPS) is 21.5. The second kappa shape index (κ2) is 4.35. The molecule has 0 radical (unpaired) electrons. The van der Waals surface area contributed by atoms with Gasteiger partial charge in [-0.15, -0.1) is 0 Å². The van der Waals surface area contributed by atoms with Crippen LogP contribution >= 0.6 is 0 Å². The third-order valence-corrected chi connectivity index (χ3v) is 2.44. The quantitative estimate of drug-likeness (QED) is 0.806. The van der Waals surface area contributed by atoms with E-state index in [1.54, 1.807) is 17.2 Å². The first kappa shape index (κ1) is 10.0. The number of furan rings is 1. The van der Waals surface area contributed by atoms with E-state index in [1.807, 2.05) is 6.07 Å². The maximum Gasteiger partial charge on any atom is 0.410 e. The van der Waals surface area contributed by atoms with E-state index in [-0.39, 0.29) is 12.2 Å². The molecule has 1 aromatic rings. The van der Waals surface area contributed by atoms with Crippen molar-refractivity contribution in [2.75, 3.05) is 13.1 Å². The number of nitrogens with two attached hydrogens (primary N) is 1. The van der Waals surface area contributed by atoms with Crippen molar-refractivity contribution in [3.05, 3.63) is 24.2 Å². The van der Waals surface area contributed by atoms with Gasteiger partial charge in [-0.1, -0.05) is 0 Å². The maximum absolute atomic E-state index is 11.5. The Morgan fingerprint density at radius 2 is 2.47 bits per heavy atom. The summed E-state index contributed by atoms with van der Waals surface area (Å²) in [6, 6.07) is 3.63. The zero-order valence-corrected chi connectivity index (χ0v) is 8.39. The van der Waals surface area contributed by atoms with Gasteiger partial charge in [0, 0.05) is 19.5 Å². The Kier molecular flexibility index (Phi) is 2.91. The molecular formula is C10H14N2O3. The van der Waals surface area contributed by atoms with Crippen molar-refractivity contribution in [2.24, 2.45) is 5.73 Å². The minimum absolute atomic E-state index is 0.134. The molecule has 2 rings (SSSR count). The zero-order chi connectivity index (χ0) is 10.7. The standard InChI is InChI=1S/C10H14N2O3/c11-6-8-3-4-12(10(13)15-8)7-9-2-1-5-14-9/h1-2,5,8H,3-4,6-7,11H2. The highest BCUT2D eigenvalue weighted by atomic mass is 16.6. The average molecular weight is 210 g/mol. The van der Waals surface area contributed by atoms with Gasteiger partial charge in [0.15, 0.2) is 0 Å². The molecule has 82 valence electrons. The molecule has 0 bridgehead atoms. The fraction of sp³-hybridized carbons (Fsp3) is 0.500. The Balaban J connectivity index is 1.92. The van der Waals surface area contributed by atoms with Gasteiger partial charge in [0.2, 0.25) is 0 Å². The van der Waals surface area contributed by atoms with Crippen LogP contribution in [0.2, 0.25) is 0 Å². The first-order chi connectivity index (χ1) is 7.29. The molecule has 0 spiro atoms. The second-order valence-corrected chi connectivity index (χ2v) is 3.53. The van der Waals surface area contributed by atoms with E-state index in [0.717, 1.165) is 12.2 Å². The molecule has 1 saturated heterocycles. The van der Waals surface area contributed by atoms with Gasteiger partial charge in [-0.3, -0.25) is 0 Å². The summed E-state index contributed by atoms with van der Waals surface area (Å²) in [5, 5.41) is 0. The number of ether oxygens (including phenoxy) is 1. The van der Waals surface area contributed by atoms with Gasteiger partial charge in [-0.2, -0.15) is 0 Å². The Morgan fingerprint density at radius 3 is 3.07 bits per heavy atom. The largest absolute Gasteiger partial charge is 0.467 e. The third kappa shape index (κ3) is 2.30. The molecule has 1 atom stereocenters. The monoisotopic (exact) mass is 210 g/mol. The minimum atomic E-state index is -0.312. The van der Waals surface area contributed by atoms with Crippen LogP contribution in [0.5, 0.6) is 0 Å². The SMILES string of the molecule is NCC1CCN(Cc2ccco2)C(=O)O1. The minimum Gasteiger partial charge on any atom is -0.467 e. The molecule has 1 amide bonds. The molecular weight excluding hydrogens is 196 g/mol. The Labute approximate surface area is 87.8 Å². The third-order valence-electron chi connectivity index (χ3n) is 2.44. The summed E-state index contributed by atoms with van der Waals surface area (Å²) in [5.41, 5.74) is 5.43. The Bertz CT molecular complexity index is 323. The van der Waals surface area contributed by atoms with Crippen LogP contribution in [0.4, 0.5) is 4.79 Å². The van der Waals surface area contributed by atoms with Gasteiger partial charge in [-0.05, 0) is 12.1 Å². The van der Waals surface area contributed by atoms with Crippen molar-refractivity contribution < 1.29 is 13.9 Å². The van der Waals surface area contributed by atoms with Gasteiger partial charge in [0.25, 0.3) is 0 Å². The van der Waals surface area contributed by atoms with Crippen LogP contribution in [0.15, 0.2) is 22.8 Å². The molecule has 2 N–H and O–H groups in total. The molecule has 1 aromatic heterocycles. The Morgan fingerprint density at radius 1 is 1.60 bits per heavy atom. The molecule has 15 heavy (non-hydrogen) atoms. The van der Waals surface area contributed by atoms with E-state index in [1.165, 1.54) is 0 Å². The molecule has 0 aliphatic carbocycles. The predicted octanol–water partition coefficient (Wildman–Crippen LogP) is 0.949. The zero-order valence-electron chi connectivity index (χ0n) is 8.39. The lowest BCUT2D eigenvalue weighted by atomic mass is 10.2. The lowest BCUT2D eigenvalue weighted by Gasteiger charge is -2.30. The fourth-order valence-corrected chi connectivity index (χ4v) is 1.57. The van der Waals surface area contributed by atoms with Crippen LogP contribution in [0.1, 0.15) is 12.2 Å². The van der Waals surface area contributed by atoms with Crippen molar-refractivity contribution in [3.63, 3.8) is 0 Å². The first-order valence-electron chi connectivity index (χ1n) is 4.97. The Hall–Kier alpha value is -1.49. The van der Waals surface area contributed by atoms with Crippen LogP contribution in [0.25, 0.3) is 0 Å². The highest BCUT2D eigenvalue weighted by molar-refractivity contribution is 5.68. The molecule has 1 aliphatic heterocycles. The lowest BCUT2D eigenvalue weighted by Crippen LogP contribution is -2.43. The summed E-state index contributed by atoms with van der Waals surface area (Å²) in [6.45, 7) is 1.52. The van der Waals surface area contributed by atoms with Crippen LogP contribution in [-0.4, -0.2) is 30.2 Å². The van der Waals surface area contributed by atoms with Crippen molar-refractivity contribution in [1.82, 2.24) is 4.90 Å². The summed E-state index contributed by atoms with van der Waals surface area (Å²) < 4.78 is 10.3. The lowest BCUT2D eigenvalue weighted by molar-refractivity contribution is 0.0245. The highest BCUT2D eigenvalue weighted by Crippen LogP contribution is 2.14. The van der Waals surface area contributed by atoms with Crippen molar-refractivity contribution >= 4 is 6.09 Å². The van der Waals surface area contributed by atoms with Crippen molar-refractivity contribution in [1.29, 1.82) is 0 Å². The molecule has 5 nitrogen and oxygen atoms in total. The number of nitrogens with zero attached hydrogens (tertiary/aromatic N) is 1. The van der Waals surface area contributed by atoms with Gasteiger partial charge in [0.1, 0.15) is 11.9 Å². The van der Waals surface area contributed by atoms with E-state index in [9.17, 15) is 4.79 Å². The van der Waals surface area contributed by atoms with Crippen LogP contribution in [0, 0.1) is 0 Å². The van der Waals surface area contributed by atoms with E-state index < -0.39 is 0 Å². The molecule has 5 heteroatoms. The van der Waals surface area contributed by atoms with Gasteiger partial charge in [-0.25, -0.2) is 4.79 Å². The van der Waals surface area contributed by atoms with Crippen LogP contribution in [0.3, 0.4) is 0 Å². The number of cyclic esters (lactones) is 1. The number of hydrogen-bond donors (Lipinski definition) is 1. The van der Waals surface area contributed by atoms with Crippen LogP contribution < -0.4 is 5.73 Å². The summed E-state index contributed by atoms with van der Waals surface area (Å²) in [7, 11) is 0. The predicted molar refractivity (Wildman–Crippen MR) is 53.1 cm³/mol. The summed E-state index contributed by atoms with van der Waals surface area (Å²) in [6.07, 6.45) is 1.93. The van der Waals surface area contributed by atoms with E-state index >= 15 is 0 Å². The summed E-state index contributed by atoms with van der Waals surface area (Å²) in [5.74, 6) is 0.762.